The Hall–Kier alpha value is -0.590. The molecule has 0 saturated carbocycles. The lowest BCUT2D eigenvalue weighted by atomic mass is 9.96. The van der Waals surface area contributed by atoms with Gasteiger partial charge in [-0.25, -0.2) is 0 Å². The number of thiophene rings is 1. The quantitative estimate of drug-likeness (QED) is 0.903. The highest BCUT2D eigenvalue weighted by molar-refractivity contribution is 9.11. The number of ether oxygens (including phenoxy) is 1. The van der Waals surface area contributed by atoms with Gasteiger partial charge in [-0.2, -0.15) is 0 Å². The fraction of sp³-hybridized carbons (Fsp3) is 0.583. The van der Waals surface area contributed by atoms with Crippen LogP contribution in [-0.2, 0) is 0 Å². The van der Waals surface area contributed by atoms with Gasteiger partial charge < -0.3 is 14.7 Å². The normalized spacial score (nSPS) is 24.1. The number of carbonyl (C=O) groups is 1. The van der Waals surface area contributed by atoms with Crippen molar-refractivity contribution in [1.29, 1.82) is 0 Å². The number of methoxy groups -OCH3 is 1. The molecule has 1 aliphatic rings. The molecule has 1 saturated heterocycles. The van der Waals surface area contributed by atoms with Crippen LogP contribution in [0.5, 0.6) is 5.75 Å². The van der Waals surface area contributed by atoms with E-state index in [0.717, 1.165) is 10.2 Å². The Morgan fingerprint density at radius 2 is 2.39 bits per heavy atom. The van der Waals surface area contributed by atoms with Crippen molar-refractivity contribution in [1.82, 2.24) is 4.90 Å². The summed E-state index contributed by atoms with van der Waals surface area (Å²) in [5.74, 6) is 0.905. The maximum atomic E-state index is 12.3. The molecular formula is C12H16BrNO3S. The Labute approximate surface area is 119 Å². The number of aliphatic hydroxyl groups excluding tert-OH is 1. The predicted molar refractivity (Wildman–Crippen MR) is 74.3 cm³/mol. The minimum atomic E-state index is -0.423. The van der Waals surface area contributed by atoms with Crippen molar-refractivity contribution in [2.24, 2.45) is 5.92 Å². The molecule has 0 bridgehead atoms. The number of piperidine rings is 1. The number of halogens is 1. The van der Waals surface area contributed by atoms with E-state index in [2.05, 4.69) is 15.9 Å². The molecule has 0 spiro atoms. The average Bonchev–Trinajstić information content (AvgIpc) is 2.73. The fourth-order valence-corrected chi connectivity index (χ4v) is 3.60. The summed E-state index contributed by atoms with van der Waals surface area (Å²) < 4.78 is 5.96. The molecule has 6 heteroatoms. The first-order valence-electron chi connectivity index (χ1n) is 5.83. The van der Waals surface area contributed by atoms with Gasteiger partial charge in [0.1, 0.15) is 9.54 Å². The maximum Gasteiger partial charge on any atom is 0.264 e. The van der Waals surface area contributed by atoms with Crippen LogP contribution in [-0.4, -0.2) is 42.2 Å². The highest BCUT2D eigenvalue weighted by atomic mass is 79.9. The first-order valence-corrected chi connectivity index (χ1v) is 7.44. The van der Waals surface area contributed by atoms with Crippen molar-refractivity contribution in [3.63, 3.8) is 0 Å². The molecule has 18 heavy (non-hydrogen) atoms. The summed E-state index contributed by atoms with van der Waals surface area (Å²) in [6, 6.07) is 1.74. The van der Waals surface area contributed by atoms with Gasteiger partial charge in [-0.05, 0) is 28.3 Å². The average molecular weight is 334 g/mol. The van der Waals surface area contributed by atoms with Crippen molar-refractivity contribution in [2.45, 2.75) is 19.4 Å². The molecule has 1 N–H and O–H groups in total. The standard InChI is InChI=1S/C12H16BrNO3S/c1-7-3-4-14(6-8(7)15)12(16)10-5-9(17-2)11(13)18-10/h5,7-8,15H,3-4,6H2,1-2H3. The van der Waals surface area contributed by atoms with E-state index in [1.54, 1.807) is 18.1 Å². The third-order valence-electron chi connectivity index (χ3n) is 3.29. The van der Waals surface area contributed by atoms with Gasteiger partial charge in [0, 0.05) is 19.2 Å². The SMILES string of the molecule is COc1cc(C(=O)N2CCC(C)C(O)C2)sc1Br. The zero-order valence-corrected chi connectivity index (χ0v) is 12.8. The first-order chi connectivity index (χ1) is 8.52. The lowest BCUT2D eigenvalue weighted by Crippen LogP contribution is -2.45. The molecule has 1 amide bonds. The number of nitrogens with zero attached hydrogens (tertiary/aromatic N) is 1. The van der Waals surface area contributed by atoms with Crippen LogP contribution in [0.2, 0.25) is 0 Å². The Morgan fingerprint density at radius 3 is 2.94 bits per heavy atom. The van der Waals surface area contributed by atoms with E-state index >= 15 is 0 Å². The van der Waals surface area contributed by atoms with Gasteiger partial charge >= 0.3 is 0 Å². The van der Waals surface area contributed by atoms with Gasteiger partial charge in [0.15, 0.2) is 0 Å². The van der Waals surface area contributed by atoms with Crippen molar-refractivity contribution < 1.29 is 14.6 Å². The summed E-state index contributed by atoms with van der Waals surface area (Å²) in [6.45, 7) is 3.13. The topological polar surface area (TPSA) is 49.8 Å². The van der Waals surface area contributed by atoms with Crippen LogP contribution in [0.1, 0.15) is 23.0 Å². The van der Waals surface area contributed by atoms with Crippen LogP contribution in [0.4, 0.5) is 0 Å². The van der Waals surface area contributed by atoms with Crippen LogP contribution in [0, 0.1) is 5.92 Å². The largest absolute Gasteiger partial charge is 0.495 e. The van der Waals surface area contributed by atoms with E-state index < -0.39 is 6.10 Å². The van der Waals surface area contributed by atoms with Crippen molar-refractivity contribution in [2.75, 3.05) is 20.2 Å². The van der Waals surface area contributed by atoms with Gasteiger partial charge in [0.2, 0.25) is 0 Å². The summed E-state index contributed by atoms with van der Waals surface area (Å²) in [7, 11) is 1.58. The lowest BCUT2D eigenvalue weighted by Gasteiger charge is -2.33. The smallest absolute Gasteiger partial charge is 0.264 e. The van der Waals surface area contributed by atoms with Gasteiger partial charge in [-0.3, -0.25) is 4.79 Å². The first kappa shape index (κ1) is 13.8. The van der Waals surface area contributed by atoms with Crippen LogP contribution in [0.25, 0.3) is 0 Å². The van der Waals surface area contributed by atoms with Gasteiger partial charge in [-0.15, -0.1) is 11.3 Å². The number of aliphatic hydroxyl groups is 1. The summed E-state index contributed by atoms with van der Waals surface area (Å²) in [4.78, 5) is 14.6. The summed E-state index contributed by atoms with van der Waals surface area (Å²) in [5, 5.41) is 9.83. The number of carbonyl (C=O) groups excluding carboxylic acids is 1. The molecular weight excluding hydrogens is 318 g/mol. The number of hydrogen-bond acceptors (Lipinski definition) is 4. The molecule has 2 unspecified atom stereocenters. The lowest BCUT2D eigenvalue weighted by molar-refractivity contribution is 0.0251. The second-order valence-electron chi connectivity index (χ2n) is 4.54. The highest BCUT2D eigenvalue weighted by Crippen LogP contribution is 2.35. The van der Waals surface area contributed by atoms with E-state index in [4.69, 9.17) is 4.74 Å². The van der Waals surface area contributed by atoms with Crippen molar-refractivity contribution in [3.8, 4) is 5.75 Å². The summed E-state index contributed by atoms with van der Waals surface area (Å²) in [6.07, 6.45) is 0.421. The molecule has 2 atom stereocenters. The van der Waals surface area contributed by atoms with Gasteiger partial charge in [-0.1, -0.05) is 6.92 Å². The fourth-order valence-electron chi connectivity index (χ4n) is 1.99. The number of amides is 1. The molecule has 1 aromatic rings. The van der Waals surface area contributed by atoms with E-state index in [1.807, 2.05) is 6.92 Å². The molecule has 4 nitrogen and oxygen atoms in total. The van der Waals surface area contributed by atoms with Crippen LogP contribution in [0.15, 0.2) is 9.85 Å². The number of rotatable bonds is 2. The molecule has 1 aliphatic heterocycles. The molecule has 2 rings (SSSR count). The van der Waals surface area contributed by atoms with E-state index in [9.17, 15) is 9.90 Å². The molecule has 0 radical (unpaired) electrons. The van der Waals surface area contributed by atoms with Gasteiger partial charge in [0.25, 0.3) is 5.91 Å². The Bertz CT molecular complexity index is 449. The summed E-state index contributed by atoms with van der Waals surface area (Å²) >= 11 is 4.73. The maximum absolute atomic E-state index is 12.3. The van der Waals surface area contributed by atoms with Crippen LogP contribution >= 0.6 is 27.3 Å². The monoisotopic (exact) mass is 333 g/mol. The van der Waals surface area contributed by atoms with E-state index in [-0.39, 0.29) is 11.8 Å². The third kappa shape index (κ3) is 2.70. The Balaban J connectivity index is 2.11. The van der Waals surface area contributed by atoms with Crippen molar-refractivity contribution in [3.05, 3.63) is 14.7 Å². The molecule has 0 aliphatic carbocycles. The number of hydrogen-bond donors (Lipinski definition) is 1. The van der Waals surface area contributed by atoms with Gasteiger partial charge in [0.05, 0.1) is 18.1 Å². The number of likely N-dealkylation sites (tertiary alicyclic amines) is 1. The van der Waals surface area contributed by atoms with E-state index in [0.29, 0.717) is 23.7 Å². The van der Waals surface area contributed by atoms with Crippen LogP contribution < -0.4 is 4.74 Å². The third-order valence-corrected chi connectivity index (χ3v) is 5.06. The second-order valence-corrected chi connectivity index (χ2v) is 6.91. The zero-order valence-electron chi connectivity index (χ0n) is 10.4. The molecule has 100 valence electrons. The summed E-state index contributed by atoms with van der Waals surface area (Å²) in [5.41, 5.74) is 0. The minimum absolute atomic E-state index is 0.0325. The second kappa shape index (κ2) is 5.59. The number of β-amino-alcohol motifs (C(OH)–C–C–N with tert-alkyl or cyclic N) is 1. The molecule has 2 heterocycles. The zero-order chi connectivity index (χ0) is 13.3. The van der Waals surface area contributed by atoms with E-state index in [1.165, 1.54) is 11.3 Å². The molecule has 0 aromatic carbocycles. The minimum Gasteiger partial charge on any atom is -0.495 e. The molecule has 1 aromatic heterocycles. The van der Waals surface area contributed by atoms with Crippen LogP contribution in [0.3, 0.4) is 0 Å². The predicted octanol–water partition coefficient (Wildman–Crippen LogP) is 2.36. The molecule has 1 fully saturated rings. The van der Waals surface area contributed by atoms with Crippen molar-refractivity contribution >= 4 is 33.2 Å². The highest BCUT2D eigenvalue weighted by Gasteiger charge is 2.29. The Kier molecular flexibility index (Phi) is 4.29. The Morgan fingerprint density at radius 1 is 1.67 bits per heavy atom.